The minimum atomic E-state index is -0.209. The van der Waals surface area contributed by atoms with Crippen molar-refractivity contribution >= 4 is 17.0 Å². The molecule has 0 bridgehead atoms. The zero-order valence-electron chi connectivity index (χ0n) is 13.8. The maximum atomic E-state index is 12.8. The van der Waals surface area contributed by atoms with Crippen LogP contribution in [0.15, 0.2) is 15.5 Å². The predicted octanol–water partition coefficient (Wildman–Crippen LogP) is 0.999. The van der Waals surface area contributed by atoms with E-state index in [0.29, 0.717) is 42.3 Å². The van der Waals surface area contributed by atoms with Gasteiger partial charge in [-0.3, -0.25) is 14.2 Å². The number of carbonyl (C=O) groups is 1. The van der Waals surface area contributed by atoms with Crippen LogP contribution in [0.1, 0.15) is 30.0 Å². The number of aryl methyl sites for hydroxylation is 1. The molecule has 23 heavy (non-hydrogen) atoms. The highest BCUT2D eigenvalue weighted by Gasteiger charge is 2.27. The molecule has 1 N–H and O–H groups in total. The Morgan fingerprint density at radius 1 is 1.39 bits per heavy atom. The van der Waals surface area contributed by atoms with Crippen molar-refractivity contribution in [2.45, 2.75) is 27.3 Å². The van der Waals surface area contributed by atoms with E-state index in [2.05, 4.69) is 10.3 Å². The molecule has 0 spiro atoms. The lowest BCUT2D eigenvalue weighted by molar-refractivity contribution is 0.0735. The summed E-state index contributed by atoms with van der Waals surface area (Å²) >= 11 is 0. The van der Waals surface area contributed by atoms with Crippen LogP contribution < -0.4 is 10.9 Å². The number of furan rings is 1. The van der Waals surface area contributed by atoms with Crippen LogP contribution in [0, 0.1) is 12.8 Å². The first-order chi connectivity index (χ1) is 11.0. The van der Waals surface area contributed by atoms with Crippen molar-refractivity contribution < 1.29 is 9.21 Å². The fourth-order valence-corrected chi connectivity index (χ4v) is 2.94. The van der Waals surface area contributed by atoms with Gasteiger partial charge in [-0.2, -0.15) is 0 Å². The fourth-order valence-electron chi connectivity index (χ4n) is 2.94. The summed E-state index contributed by atoms with van der Waals surface area (Å²) in [5.74, 6) is 0.617. The third-order valence-electron chi connectivity index (χ3n) is 4.03. The minimum Gasteiger partial charge on any atom is -0.442 e. The van der Waals surface area contributed by atoms with E-state index in [-0.39, 0.29) is 17.2 Å². The number of nitrogens with one attached hydrogen (secondary N) is 1. The number of fused-ring (bicyclic) bond motifs is 1. The van der Waals surface area contributed by atoms with E-state index in [1.807, 2.05) is 13.8 Å². The Kier molecular flexibility index (Phi) is 4.21. The summed E-state index contributed by atoms with van der Waals surface area (Å²) < 4.78 is 7.12. The zero-order chi connectivity index (χ0) is 16.6. The molecule has 0 atom stereocenters. The average molecular weight is 318 g/mol. The van der Waals surface area contributed by atoms with Crippen LogP contribution in [-0.4, -0.2) is 46.5 Å². The number of rotatable bonds is 3. The maximum absolute atomic E-state index is 12.8. The van der Waals surface area contributed by atoms with Gasteiger partial charge in [0.1, 0.15) is 17.5 Å². The summed E-state index contributed by atoms with van der Waals surface area (Å²) in [4.78, 5) is 31.6. The molecule has 1 fully saturated rings. The molecule has 3 heterocycles. The van der Waals surface area contributed by atoms with Crippen LogP contribution in [0.25, 0.3) is 11.1 Å². The van der Waals surface area contributed by atoms with Crippen molar-refractivity contribution in [3.63, 3.8) is 0 Å². The first-order valence-electron chi connectivity index (χ1n) is 7.97. The Hall–Kier alpha value is -2.15. The van der Waals surface area contributed by atoms with Crippen LogP contribution >= 0.6 is 0 Å². The van der Waals surface area contributed by atoms with E-state index in [4.69, 9.17) is 4.42 Å². The van der Waals surface area contributed by atoms with Gasteiger partial charge >= 0.3 is 0 Å². The first kappa shape index (κ1) is 15.7. The standard InChI is InChI=1S/C16H22N4O3/c1-10(2)8-20-9-18-14-13(16(20)22)12(11(3)23-14)15(21)19-6-4-17-5-7-19/h9-10,17H,4-8H2,1-3H3. The van der Waals surface area contributed by atoms with Crippen molar-refractivity contribution in [2.75, 3.05) is 26.2 Å². The minimum absolute atomic E-state index is 0.149. The van der Waals surface area contributed by atoms with Gasteiger partial charge in [0.2, 0.25) is 5.71 Å². The molecule has 0 radical (unpaired) electrons. The second-order valence-electron chi connectivity index (χ2n) is 6.35. The van der Waals surface area contributed by atoms with Crippen molar-refractivity contribution in [3.8, 4) is 0 Å². The molecule has 7 nitrogen and oxygen atoms in total. The smallest absolute Gasteiger partial charge is 0.265 e. The topological polar surface area (TPSA) is 80.4 Å². The second kappa shape index (κ2) is 6.16. The lowest BCUT2D eigenvalue weighted by atomic mass is 10.1. The third kappa shape index (κ3) is 2.88. The van der Waals surface area contributed by atoms with Gasteiger partial charge in [0.25, 0.3) is 11.5 Å². The van der Waals surface area contributed by atoms with E-state index in [0.717, 1.165) is 13.1 Å². The van der Waals surface area contributed by atoms with Crippen molar-refractivity contribution in [1.29, 1.82) is 0 Å². The number of nitrogens with zero attached hydrogens (tertiary/aromatic N) is 3. The Labute approximate surface area is 134 Å². The SMILES string of the molecule is Cc1oc2ncn(CC(C)C)c(=O)c2c1C(=O)N1CCNCC1. The molecule has 1 amide bonds. The highest BCUT2D eigenvalue weighted by atomic mass is 16.3. The summed E-state index contributed by atoms with van der Waals surface area (Å²) in [6, 6.07) is 0. The number of hydrogen-bond donors (Lipinski definition) is 1. The first-order valence-corrected chi connectivity index (χ1v) is 7.97. The van der Waals surface area contributed by atoms with Crippen LogP contribution in [0.4, 0.5) is 0 Å². The van der Waals surface area contributed by atoms with Gasteiger partial charge in [-0.1, -0.05) is 13.8 Å². The number of piperazine rings is 1. The van der Waals surface area contributed by atoms with Crippen LogP contribution in [0.5, 0.6) is 0 Å². The highest BCUT2D eigenvalue weighted by Crippen LogP contribution is 2.22. The van der Waals surface area contributed by atoms with Gasteiger partial charge in [-0.05, 0) is 12.8 Å². The molecule has 0 saturated carbocycles. The second-order valence-corrected chi connectivity index (χ2v) is 6.35. The van der Waals surface area contributed by atoms with Gasteiger partial charge < -0.3 is 14.6 Å². The van der Waals surface area contributed by atoms with Crippen LogP contribution in [-0.2, 0) is 6.54 Å². The van der Waals surface area contributed by atoms with E-state index in [1.54, 1.807) is 16.4 Å². The molecule has 1 saturated heterocycles. The summed E-state index contributed by atoms with van der Waals surface area (Å²) in [5.41, 5.74) is 0.391. The number of aromatic nitrogens is 2. The van der Waals surface area contributed by atoms with Crippen molar-refractivity contribution in [2.24, 2.45) is 5.92 Å². The Bertz CT molecular complexity index is 784. The molecule has 1 aliphatic rings. The highest BCUT2D eigenvalue weighted by molar-refractivity contribution is 6.06. The summed E-state index contributed by atoms with van der Waals surface area (Å²) in [5, 5.41) is 3.51. The van der Waals surface area contributed by atoms with Crippen molar-refractivity contribution in [3.05, 3.63) is 28.0 Å². The summed E-state index contributed by atoms with van der Waals surface area (Å²) in [6.45, 7) is 9.12. The summed E-state index contributed by atoms with van der Waals surface area (Å²) in [6.07, 6.45) is 1.49. The van der Waals surface area contributed by atoms with Crippen molar-refractivity contribution in [1.82, 2.24) is 19.8 Å². The maximum Gasteiger partial charge on any atom is 0.265 e. The van der Waals surface area contributed by atoms with E-state index in [9.17, 15) is 9.59 Å². The lowest BCUT2D eigenvalue weighted by Gasteiger charge is -2.27. The van der Waals surface area contributed by atoms with Gasteiger partial charge in [0.05, 0.1) is 5.56 Å². The Morgan fingerprint density at radius 2 is 2.09 bits per heavy atom. The number of amides is 1. The van der Waals surface area contributed by atoms with E-state index in [1.165, 1.54) is 6.33 Å². The Balaban J connectivity index is 2.10. The lowest BCUT2D eigenvalue weighted by Crippen LogP contribution is -2.46. The molecule has 2 aromatic heterocycles. The van der Waals surface area contributed by atoms with E-state index >= 15 is 0 Å². The average Bonchev–Trinajstić information content (AvgIpc) is 2.87. The number of carbonyl (C=O) groups excluding carboxylic acids is 1. The molecule has 7 heteroatoms. The van der Waals surface area contributed by atoms with Gasteiger partial charge in [0, 0.05) is 32.7 Å². The molecule has 0 aliphatic carbocycles. The van der Waals surface area contributed by atoms with Gasteiger partial charge in [0.15, 0.2) is 0 Å². The largest absolute Gasteiger partial charge is 0.442 e. The normalized spacial score (nSPS) is 15.6. The molecule has 2 aromatic rings. The third-order valence-corrected chi connectivity index (χ3v) is 4.03. The fraction of sp³-hybridized carbons (Fsp3) is 0.562. The molecule has 3 rings (SSSR count). The number of hydrogen-bond acceptors (Lipinski definition) is 5. The molecule has 124 valence electrons. The molecule has 0 aromatic carbocycles. The quantitative estimate of drug-likeness (QED) is 0.913. The predicted molar refractivity (Wildman–Crippen MR) is 86.6 cm³/mol. The zero-order valence-corrected chi connectivity index (χ0v) is 13.8. The molecule has 0 unspecified atom stereocenters. The Morgan fingerprint density at radius 3 is 2.74 bits per heavy atom. The molecular formula is C16H22N4O3. The molecular weight excluding hydrogens is 296 g/mol. The van der Waals surface area contributed by atoms with Crippen LogP contribution in [0.3, 0.4) is 0 Å². The molecule has 1 aliphatic heterocycles. The van der Waals surface area contributed by atoms with Gasteiger partial charge in [-0.25, -0.2) is 4.98 Å². The van der Waals surface area contributed by atoms with E-state index < -0.39 is 0 Å². The monoisotopic (exact) mass is 318 g/mol. The summed E-state index contributed by atoms with van der Waals surface area (Å²) in [7, 11) is 0. The van der Waals surface area contributed by atoms with Gasteiger partial charge in [-0.15, -0.1) is 0 Å². The van der Waals surface area contributed by atoms with Crippen LogP contribution in [0.2, 0.25) is 0 Å².